The normalized spacial score (nSPS) is 18.4. The molecule has 1 saturated carbocycles. The van der Waals surface area contributed by atoms with Crippen molar-refractivity contribution in [3.05, 3.63) is 0 Å². The molecule has 1 rings (SSSR count). The Labute approximate surface area is 88.1 Å². The summed E-state index contributed by atoms with van der Waals surface area (Å²) >= 11 is 0. The molecular formula is C12H25NO. The van der Waals surface area contributed by atoms with E-state index in [-0.39, 0.29) is 0 Å². The average molecular weight is 199 g/mol. The molecule has 0 aromatic heterocycles. The first-order valence-corrected chi connectivity index (χ1v) is 6.17. The molecule has 0 radical (unpaired) electrons. The smallest absolute Gasteiger partial charge is 0.0431 e. The van der Waals surface area contributed by atoms with E-state index in [1.807, 2.05) is 0 Å². The van der Waals surface area contributed by atoms with Crippen molar-refractivity contribution in [3.8, 4) is 0 Å². The maximum absolute atomic E-state index is 8.60. The monoisotopic (exact) mass is 199 g/mol. The first-order valence-electron chi connectivity index (χ1n) is 6.17. The number of hydrogen-bond acceptors (Lipinski definition) is 2. The molecule has 0 aromatic carbocycles. The van der Waals surface area contributed by atoms with Crippen LogP contribution in [-0.4, -0.2) is 24.3 Å². The fourth-order valence-corrected chi connectivity index (χ4v) is 1.88. The van der Waals surface area contributed by atoms with Gasteiger partial charge in [0.15, 0.2) is 0 Å². The molecule has 0 bridgehead atoms. The van der Waals surface area contributed by atoms with E-state index in [0.717, 1.165) is 18.9 Å². The van der Waals surface area contributed by atoms with E-state index >= 15 is 0 Å². The molecule has 1 aliphatic rings. The van der Waals surface area contributed by atoms with E-state index in [4.69, 9.17) is 5.11 Å². The molecule has 0 spiro atoms. The first kappa shape index (κ1) is 12.0. The molecule has 0 saturated heterocycles. The van der Waals surface area contributed by atoms with Crippen molar-refractivity contribution in [1.82, 2.24) is 5.32 Å². The van der Waals surface area contributed by atoms with Crippen LogP contribution in [-0.2, 0) is 0 Å². The average Bonchev–Trinajstić information content (AvgIpc) is 2.95. The Kier molecular flexibility index (Phi) is 6.20. The lowest BCUT2D eigenvalue weighted by Crippen LogP contribution is -2.27. The van der Waals surface area contributed by atoms with E-state index in [0.29, 0.717) is 12.6 Å². The van der Waals surface area contributed by atoms with Crippen LogP contribution in [0.2, 0.25) is 0 Å². The van der Waals surface area contributed by atoms with Gasteiger partial charge in [-0.25, -0.2) is 0 Å². The van der Waals surface area contributed by atoms with Gasteiger partial charge in [-0.2, -0.15) is 0 Å². The molecule has 14 heavy (non-hydrogen) atoms. The molecule has 2 heteroatoms. The summed E-state index contributed by atoms with van der Waals surface area (Å²) in [5.41, 5.74) is 0. The third-order valence-corrected chi connectivity index (χ3v) is 2.96. The highest BCUT2D eigenvalue weighted by Crippen LogP contribution is 2.33. The van der Waals surface area contributed by atoms with Gasteiger partial charge in [0, 0.05) is 12.6 Å². The fourth-order valence-electron chi connectivity index (χ4n) is 1.88. The maximum Gasteiger partial charge on any atom is 0.0431 e. The van der Waals surface area contributed by atoms with Crippen LogP contribution >= 0.6 is 0 Å². The zero-order valence-corrected chi connectivity index (χ0v) is 9.47. The Morgan fingerprint density at radius 1 is 1.21 bits per heavy atom. The summed E-state index contributed by atoms with van der Waals surface area (Å²) in [6.45, 7) is 3.80. The number of unbranched alkanes of at least 4 members (excludes halogenated alkanes) is 3. The predicted octanol–water partition coefficient (Wildman–Crippen LogP) is 2.32. The van der Waals surface area contributed by atoms with Crippen LogP contribution in [0.3, 0.4) is 0 Å². The Balaban J connectivity index is 1.77. The topological polar surface area (TPSA) is 32.3 Å². The van der Waals surface area contributed by atoms with Gasteiger partial charge in [-0.15, -0.1) is 0 Å². The van der Waals surface area contributed by atoms with E-state index in [2.05, 4.69) is 12.2 Å². The highest BCUT2D eigenvalue weighted by atomic mass is 16.2. The van der Waals surface area contributed by atoms with Crippen LogP contribution in [0, 0.1) is 5.92 Å². The summed E-state index contributed by atoms with van der Waals surface area (Å²) in [5, 5.41) is 12.2. The van der Waals surface area contributed by atoms with Crippen molar-refractivity contribution in [2.75, 3.05) is 13.2 Å². The number of aliphatic hydroxyl groups excluding tert-OH is 1. The van der Waals surface area contributed by atoms with Crippen molar-refractivity contribution in [1.29, 1.82) is 0 Å². The third-order valence-electron chi connectivity index (χ3n) is 2.96. The molecule has 0 aliphatic heterocycles. The van der Waals surface area contributed by atoms with E-state index in [9.17, 15) is 0 Å². The summed E-state index contributed by atoms with van der Waals surface area (Å²) < 4.78 is 0. The second-order valence-electron chi connectivity index (χ2n) is 4.67. The molecule has 1 atom stereocenters. The van der Waals surface area contributed by atoms with Crippen LogP contribution in [0.25, 0.3) is 0 Å². The third kappa shape index (κ3) is 6.39. The lowest BCUT2D eigenvalue weighted by molar-refractivity contribution is 0.282. The summed E-state index contributed by atoms with van der Waals surface area (Å²) in [4.78, 5) is 0. The molecular weight excluding hydrogens is 174 g/mol. The number of hydrogen-bond donors (Lipinski definition) is 2. The van der Waals surface area contributed by atoms with Crippen LogP contribution in [0.15, 0.2) is 0 Å². The van der Waals surface area contributed by atoms with E-state index < -0.39 is 0 Å². The number of aliphatic hydroxyl groups is 1. The molecule has 0 amide bonds. The van der Waals surface area contributed by atoms with Gasteiger partial charge in [0.2, 0.25) is 0 Å². The summed E-state index contributed by atoms with van der Waals surface area (Å²) in [5.74, 6) is 1.03. The van der Waals surface area contributed by atoms with Gasteiger partial charge in [0.05, 0.1) is 0 Å². The largest absolute Gasteiger partial charge is 0.396 e. The molecule has 2 nitrogen and oxygen atoms in total. The lowest BCUT2D eigenvalue weighted by Gasteiger charge is -2.12. The summed E-state index contributed by atoms with van der Waals surface area (Å²) in [6, 6.07) is 0.709. The van der Waals surface area contributed by atoms with Gasteiger partial charge in [-0.1, -0.05) is 25.7 Å². The van der Waals surface area contributed by atoms with Gasteiger partial charge in [-0.3, -0.25) is 0 Å². The molecule has 84 valence electrons. The van der Waals surface area contributed by atoms with Gasteiger partial charge >= 0.3 is 0 Å². The van der Waals surface area contributed by atoms with Gasteiger partial charge in [-0.05, 0) is 38.6 Å². The Hall–Kier alpha value is -0.0800. The minimum absolute atomic E-state index is 0.353. The summed E-state index contributed by atoms with van der Waals surface area (Å²) in [7, 11) is 0. The summed E-state index contributed by atoms with van der Waals surface area (Å²) in [6.07, 6.45) is 8.95. The highest BCUT2D eigenvalue weighted by Gasteiger charge is 2.22. The Morgan fingerprint density at radius 3 is 2.57 bits per heavy atom. The van der Waals surface area contributed by atoms with Gasteiger partial charge < -0.3 is 10.4 Å². The van der Waals surface area contributed by atoms with Crippen molar-refractivity contribution in [3.63, 3.8) is 0 Å². The minimum atomic E-state index is 0.353. The van der Waals surface area contributed by atoms with Crippen LogP contribution in [0.1, 0.15) is 51.9 Å². The lowest BCUT2D eigenvalue weighted by atomic mass is 10.1. The SMILES string of the molecule is CC(CC1CC1)NCCCCCCO. The van der Waals surface area contributed by atoms with Crippen LogP contribution in [0.5, 0.6) is 0 Å². The van der Waals surface area contributed by atoms with Crippen LogP contribution < -0.4 is 5.32 Å². The quantitative estimate of drug-likeness (QED) is 0.559. The standard InChI is InChI=1S/C12H25NO/c1-11(10-12-6-7-12)13-8-4-2-3-5-9-14/h11-14H,2-10H2,1H3. The van der Waals surface area contributed by atoms with Crippen molar-refractivity contribution in [2.45, 2.75) is 57.9 Å². The predicted molar refractivity (Wildman–Crippen MR) is 60.4 cm³/mol. The molecule has 1 aliphatic carbocycles. The zero-order valence-electron chi connectivity index (χ0n) is 9.47. The molecule has 1 fully saturated rings. The Bertz CT molecular complexity index is 134. The van der Waals surface area contributed by atoms with Gasteiger partial charge in [0.1, 0.15) is 0 Å². The van der Waals surface area contributed by atoms with Crippen LogP contribution in [0.4, 0.5) is 0 Å². The highest BCUT2D eigenvalue weighted by molar-refractivity contribution is 4.77. The molecule has 1 unspecified atom stereocenters. The second kappa shape index (κ2) is 7.24. The maximum atomic E-state index is 8.60. The fraction of sp³-hybridized carbons (Fsp3) is 1.00. The molecule has 2 N–H and O–H groups in total. The van der Waals surface area contributed by atoms with Crippen molar-refractivity contribution in [2.24, 2.45) is 5.92 Å². The second-order valence-corrected chi connectivity index (χ2v) is 4.67. The van der Waals surface area contributed by atoms with E-state index in [1.54, 1.807) is 0 Å². The first-order chi connectivity index (χ1) is 6.83. The van der Waals surface area contributed by atoms with Gasteiger partial charge in [0.25, 0.3) is 0 Å². The number of nitrogens with one attached hydrogen (secondary N) is 1. The minimum Gasteiger partial charge on any atom is -0.396 e. The molecule has 0 aromatic rings. The van der Waals surface area contributed by atoms with Crippen molar-refractivity contribution < 1.29 is 5.11 Å². The Morgan fingerprint density at radius 2 is 1.93 bits per heavy atom. The molecule has 0 heterocycles. The van der Waals surface area contributed by atoms with Crippen molar-refractivity contribution >= 4 is 0 Å². The van der Waals surface area contributed by atoms with E-state index in [1.165, 1.54) is 38.5 Å². The number of rotatable bonds is 9. The zero-order chi connectivity index (χ0) is 10.2.